The summed E-state index contributed by atoms with van der Waals surface area (Å²) >= 11 is 0. The number of carbonyl (C=O) groups is 1. The molecule has 3 N–H and O–H groups in total. The molecular formula is C12H11F2N3O2. The molecule has 0 unspecified atom stereocenters. The van der Waals surface area contributed by atoms with Crippen LogP contribution < -0.4 is 11.1 Å². The van der Waals surface area contributed by atoms with Crippen molar-refractivity contribution in [3.63, 3.8) is 0 Å². The van der Waals surface area contributed by atoms with Crippen LogP contribution in [-0.4, -0.2) is 24.0 Å². The third kappa shape index (κ3) is 2.76. The Bertz CT molecular complexity index is 598. The molecule has 7 heteroatoms. The van der Waals surface area contributed by atoms with Crippen LogP contribution in [0, 0.1) is 11.6 Å². The van der Waals surface area contributed by atoms with Crippen molar-refractivity contribution in [3.05, 3.63) is 41.9 Å². The molecule has 0 fully saturated rings. The Labute approximate surface area is 107 Å². The van der Waals surface area contributed by atoms with Gasteiger partial charge in [-0.15, -0.1) is 0 Å². The Hall–Kier alpha value is -2.28. The maximum atomic E-state index is 13.6. The second-order valence-corrected chi connectivity index (χ2v) is 3.70. The van der Waals surface area contributed by atoms with Gasteiger partial charge >= 0.3 is 0 Å². The fourth-order valence-electron chi connectivity index (χ4n) is 1.54. The predicted octanol–water partition coefficient (Wildman–Crippen LogP) is 1.31. The summed E-state index contributed by atoms with van der Waals surface area (Å²) in [5.74, 6) is -2.12. The van der Waals surface area contributed by atoms with Crippen molar-refractivity contribution in [2.24, 2.45) is 5.73 Å². The lowest BCUT2D eigenvalue weighted by Crippen LogP contribution is -2.29. The fraction of sp³-hybridized carbons (Fsp3) is 0.167. The average molecular weight is 267 g/mol. The lowest BCUT2D eigenvalue weighted by molar-refractivity contribution is 0.0950. The van der Waals surface area contributed by atoms with E-state index in [-0.39, 0.29) is 30.1 Å². The lowest BCUT2D eigenvalue weighted by atomic mass is 10.1. The Morgan fingerprint density at radius 1 is 1.42 bits per heavy atom. The monoisotopic (exact) mass is 267 g/mol. The van der Waals surface area contributed by atoms with E-state index in [0.717, 1.165) is 12.5 Å². The first-order valence-electron chi connectivity index (χ1n) is 5.50. The highest BCUT2D eigenvalue weighted by atomic mass is 19.1. The number of rotatable bonds is 4. The molecule has 0 saturated carbocycles. The molecule has 2 aromatic rings. The van der Waals surface area contributed by atoms with Crippen LogP contribution in [0.3, 0.4) is 0 Å². The molecule has 1 amide bonds. The van der Waals surface area contributed by atoms with Gasteiger partial charge in [0.2, 0.25) is 0 Å². The largest absolute Gasteiger partial charge is 0.443 e. The number of amides is 1. The van der Waals surface area contributed by atoms with Crippen LogP contribution in [0.1, 0.15) is 10.5 Å². The topological polar surface area (TPSA) is 81.1 Å². The van der Waals surface area contributed by atoms with E-state index in [2.05, 4.69) is 10.3 Å². The maximum absolute atomic E-state index is 13.6. The van der Waals surface area contributed by atoms with Crippen LogP contribution in [0.2, 0.25) is 0 Å². The van der Waals surface area contributed by atoms with Crippen LogP contribution in [0.5, 0.6) is 0 Å². The van der Waals surface area contributed by atoms with Crippen molar-refractivity contribution in [2.45, 2.75) is 0 Å². The summed E-state index contributed by atoms with van der Waals surface area (Å²) < 4.78 is 31.5. The van der Waals surface area contributed by atoms with Crippen molar-refractivity contribution < 1.29 is 18.0 Å². The minimum absolute atomic E-state index is 0.0307. The Morgan fingerprint density at radius 2 is 2.21 bits per heavy atom. The highest BCUT2D eigenvalue weighted by molar-refractivity contribution is 5.97. The predicted molar refractivity (Wildman–Crippen MR) is 63.2 cm³/mol. The van der Waals surface area contributed by atoms with Gasteiger partial charge in [-0.2, -0.15) is 0 Å². The first-order valence-corrected chi connectivity index (χ1v) is 5.50. The number of hydrogen-bond donors (Lipinski definition) is 2. The highest BCUT2D eigenvalue weighted by Crippen LogP contribution is 2.26. The number of nitrogens with zero attached hydrogens (tertiary/aromatic N) is 1. The first-order chi connectivity index (χ1) is 9.13. The first kappa shape index (κ1) is 13.2. The van der Waals surface area contributed by atoms with Gasteiger partial charge in [-0.25, -0.2) is 13.8 Å². The Morgan fingerprint density at radius 3 is 2.89 bits per heavy atom. The van der Waals surface area contributed by atoms with E-state index in [1.807, 2.05) is 0 Å². The molecular weight excluding hydrogens is 256 g/mol. The minimum atomic E-state index is -0.829. The molecule has 0 radical (unpaired) electrons. The van der Waals surface area contributed by atoms with Crippen molar-refractivity contribution in [1.82, 2.24) is 10.3 Å². The number of oxazole rings is 1. The summed E-state index contributed by atoms with van der Waals surface area (Å²) in [5.41, 5.74) is 5.16. The van der Waals surface area contributed by atoms with Gasteiger partial charge < -0.3 is 15.5 Å². The number of nitrogens with two attached hydrogens (primary N) is 1. The number of nitrogens with one attached hydrogen (secondary N) is 1. The molecule has 0 spiro atoms. The highest BCUT2D eigenvalue weighted by Gasteiger charge is 2.20. The third-order valence-electron chi connectivity index (χ3n) is 2.39. The SMILES string of the molecule is NCCNC(=O)c1ncoc1-c1ccc(F)cc1F. The second kappa shape index (κ2) is 5.57. The number of halogens is 2. The second-order valence-electron chi connectivity index (χ2n) is 3.70. The van der Waals surface area contributed by atoms with E-state index in [4.69, 9.17) is 10.2 Å². The molecule has 0 aliphatic heterocycles. The van der Waals surface area contributed by atoms with Gasteiger partial charge in [0.1, 0.15) is 11.6 Å². The zero-order valence-corrected chi connectivity index (χ0v) is 9.82. The van der Waals surface area contributed by atoms with E-state index in [1.54, 1.807) is 0 Å². The summed E-state index contributed by atoms with van der Waals surface area (Å²) in [6, 6.07) is 2.97. The van der Waals surface area contributed by atoms with Crippen LogP contribution in [-0.2, 0) is 0 Å². The molecule has 0 saturated heterocycles. The van der Waals surface area contributed by atoms with Gasteiger partial charge in [-0.05, 0) is 12.1 Å². The van der Waals surface area contributed by atoms with E-state index in [0.29, 0.717) is 6.07 Å². The third-order valence-corrected chi connectivity index (χ3v) is 2.39. The van der Waals surface area contributed by atoms with Gasteiger partial charge in [-0.1, -0.05) is 0 Å². The normalized spacial score (nSPS) is 10.5. The summed E-state index contributed by atoms with van der Waals surface area (Å²) in [7, 11) is 0. The average Bonchev–Trinajstić information content (AvgIpc) is 2.85. The van der Waals surface area contributed by atoms with Crippen LogP contribution in [0.15, 0.2) is 29.0 Å². The van der Waals surface area contributed by atoms with E-state index < -0.39 is 17.5 Å². The van der Waals surface area contributed by atoms with Gasteiger partial charge in [0, 0.05) is 19.2 Å². The molecule has 1 aromatic carbocycles. The van der Waals surface area contributed by atoms with Crippen molar-refractivity contribution in [1.29, 1.82) is 0 Å². The lowest BCUT2D eigenvalue weighted by Gasteiger charge is -2.04. The van der Waals surface area contributed by atoms with Gasteiger partial charge in [0.25, 0.3) is 5.91 Å². The number of carbonyl (C=O) groups excluding carboxylic acids is 1. The molecule has 1 aromatic heterocycles. The number of hydrogen-bond acceptors (Lipinski definition) is 4. The molecule has 2 rings (SSSR count). The Balaban J connectivity index is 2.36. The number of aromatic nitrogens is 1. The van der Waals surface area contributed by atoms with Crippen LogP contribution >= 0.6 is 0 Å². The summed E-state index contributed by atoms with van der Waals surface area (Å²) in [6.07, 6.45) is 1.02. The molecule has 0 aliphatic carbocycles. The van der Waals surface area contributed by atoms with Gasteiger partial charge in [-0.3, -0.25) is 4.79 Å². The molecule has 0 bridgehead atoms. The smallest absolute Gasteiger partial charge is 0.273 e. The summed E-state index contributed by atoms with van der Waals surface area (Å²) in [4.78, 5) is 15.5. The summed E-state index contributed by atoms with van der Waals surface area (Å²) in [5, 5.41) is 2.49. The fourth-order valence-corrected chi connectivity index (χ4v) is 1.54. The van der Waals surface area contributed by atoms with Crippen LogP contribution in [0.4, 0.5) is 8.78 Å². The quantitative estimate of drug-likeness (QED) is 0.875. The number of benzene rings is 1. The van der Waals surface area contributed by atoms with Crippen molar-refractivity contribution >= 4 is 5.91 Å². The standard InChI is InChI=1S/C12H11F2N3O2/c13-7-1-2-8(9(14)5-7)11-10(17-6-19-11)12(18)16-4-3-15/h1-2,5-6H,3-4,15H2,(H,16,18). The molecule has 0 aliphatic rings. The van der Waals surface area contributed by atoms with Gasteiger partial charge in [0.05, 0.1) is 5.56 Å². The molecule has 1 heterocycles. The van der Waals surface area contributed by atoms with Crippen molar-refractivity contribution in [2.75, 3.05) is 13.1 Å². The molecule has 19 heavy (non-hydrogen) atoms. The minimum Gasteiger partial charge on any atom is -0.443 e. The van der Waals surface area contributed by atoms with E-state index in [1.165, 1.54) is 6.07 Å². The molecule has 0 atom stereocenters. The zero-order chi connectivity index (χ0) is 13.8. The molecule has 100 valence electrons. The van der Waals surface area contributed by atoms with Gasteiger partial charge in [0.15, 0.2) is 17.8 Å². The maximum Gasteiger partial charge on any atom is 0.273 e. The van der Waals surface area contributed by atoms with E-state index >= 15 is 0 Å². The van der Waals surface area contributed by atoms with Crippen molar-refractivity contribution in [3.8, 4) is 11.3 Å². The zero-order valence-electron chi connectivity index (χ0n) is 9.82. The summed E-state index contributed by atoms with van der Waals surface area (Å²) in [6.45, 7) is 0.529. The molecule has 5 nitrogen and oxygen atoms in total. The Kier molecular flexibility index (Phi) is 3.86. The van der Waals surface area contributed by atoms with E-state index in [9.17, 15) is 13.6 Å². The van der Waals surface area contributed by atoms with Crippen LogP contribution in [0.25, 0.3) is 11.3 Å².